The zero-order valence-electron chi connectivity index (χ0n) is 7.85. The van der Waals surface area contributed by atoms with Gasteiger partial charge in [0.2, 0.25) is 0 Å². The molecule has 0 bridgehead atoms. The van der Waals surface area contributed by atoms with E-state index in [1.807, 2.05) is 0 Å². The molecule has 0 heterocycles. The molecule has 0 N–H and O–H groups in total. The van der Waals surface area contributed by atoms with Crippen molar-refractivity contribution in [2.45, 2.75) is 35.5 Å². The van der Waals surface area contributed by atoms with Crippen LogP contribution in [0.3, 0.4) is 0 Å². The van der Waals surface area contributed by atoms with Gasteiger partial charge in [0, 0.05) is 0 Å². The van der Waals surface area contributed by atoms with Gasteiger partial charge in [-0.3, -0.25) is 0 Å². The first-order valence-corrected chi connectivity index (χ1v) is 4.70. The summed E-state index contributed by atoms with van der Waals surface area (Å²) in [4.78, 5) is 0. The van der Waals surface area contributed by atoms with Crippen molar-refractivity contribution in [2.75, 3.05) is 0 Å². The maximum atomic E-state index is 12.3. The van der Waals surface area contributed by atoms with Gasteiger partial charge in [0.1, 0.15) is 5.25 Å². The van der Waals surface area contributed by atoms with Crippen LogP contribution in [0.2, 0.25) is 0 Å². The van der Waals surface area contributed by atoms with Crippen LogP contribution in [0.5, 0.6) is 0 Å². The molecule has 0 aromatic carbocycles. The lowest BCUT2D eigenvalue weighted by molar-refractivity contribution is -0.239. The lowest BCUT2D eigenvalue weighted by Crippen LogP contribution is -2.40. The summed E-state index contributed by atoms with van der Waals surface area (Å²) in [5, 5.41) is -9.81. The van der Waals surface area contributed by atoms with Gasteiger partial charge in [-0.05, 0) is 0 Å². The van der Waals surface area contributed by atoms with Gasteiger partial charge < -0.3 is 0 Å². The maximum absolute atomic E-state index is 12.3. The summed E-state index contributed by atoms with van der Waals surface area (Å²) in [6, 6.07) is 0. The van der Waals surface area contributed by atoms with Gasteiger partial charge in [-0.15, -0.1) is 0 Å². The van der Waals surface area contributed by atoms with Crippen molar-refractivity contribution in [3.8, 4) is 0 Å². The number of rotatable bonds is 3. The zero-order chi connectivity index (χ0) is 15.0. The highest BCUT2D eigenvalue weighted by atomic mass is 32.2. The van der Waals surface area contributed by atoms with Gasteiger partial charge >= 0.3 is 23.8 Å². The van der Waals surface area contributed by atoms with Gasteiger partial charge in [-0.25, -0.2) is 0 Å². The summed E-state index contributed by atoms with van der Waals surface area (Å²) < 4.78 is 130. The molecule has 0 fully saturated rings. The molecule has 0 radical (unpaired) electrons. The van der Waals surface area contributed by atoms with E-state index in [-0.39, 0.29) is 0 Å². The first-order valence-electron chi connectivity index (χ1n) is 3.82. The van der Waals surface area contributed by atoms with Crippen molar-refractivity contribution in [3.05, 3.63) is 0 Å². The number of hydrogen-bond donors (Lipinski definition) is 0. The Morgan fingerprint density at radius 2 is 1.11 bits per heavy atom. The predicted molar refractivity (Wildman–Crippen MR) is 39.1 cm³/mol. The fourth-order valence-electron chi connectivity index (χ4n) is 0.680. The lowest BCUT2D eigenvalue weighted by Gasteiger charge is -2.26. The van der Waals surface area contributed by atoms with Crippen LogP contribution in [0.4, 0.5) is 48.3 Å². The van der Waals surface area contributed by atoms with E-state index in [0.717, 1.165) is 0 Å². The van der Waals surface area contributed by atoms with Crippen LogP contribution >= 0.6 is 11.8 Å². The highest BCUT2D eigenvalue weighted by Gasteiger charge is 2.63. The molecule has 0 nitrogen and oxygen atoms in total. The third-order valence-corrected chi connectivity index (χ3v) is 2.65. The molecule has 0 aliphatic carbocycles. The number of halogens is 11. The average molecular weight is 316 g/mol. The molecule has 110 valence electrons. The largest absolute Gasteiger partial charge is 0.464 e. The molecule has 0 spiro atoms. The minimum absolute atomic E-state index is 2.12. The summed E-state index contributed by atoms with van der Waals surface area (Å²) in [5.41, 5.74) is 0. The molecular weight excluding hydrogens is 313 g/mol. The summed E-state index contributed by atoms with van der Waals surface area (Å²) in [6.07, 6.45) is -20.6. The van der Waals surface area contributed by atoms with E-state index in [1.54, 1.807) is 0 Å². The Hall–Kier alpha value is -0.420. The smallest absolute Gasteiger partial charge is 0.184 e. The first-order chi connectivity index (χ1) is 7.56. The van der Waals surface area contributed by atoms with Crippen LogP contribution in [-0.4, -0.2) is 29.0 Å². The van der Waals surface area contributed by atoms with Crippen LogP contribution in [-0.2, 0) is 0 Å². The molecule has 0 aromatic heterocycles. The Balaban J connectivity index is 5.05. The minimum atomic E-state index is -6.37. The van der Waals surface area contributed by atoms with Crippen LogP contribution in [0, 0.1) is 0 Å². The van der Waals surface area contributed by atoms with Gasteiger partial charge in [0.05, 0.1) is 6.42 Å². The van der Waals surface area contributed by atoms with E-state index in [0.29, 0.717) is 0 Å². The highest BCUT2D eigenvalue weighted by Crippen LogP contribution is 2.51. The van der Waals surface area contributed by atoms with E-state index in [9.17, 15) is 48.3 Å². The van der Waals surface area contributed by atoms with Gasteiger partial charge in [0.25, 0.3) is 0 Å². The topological polar surface area (TPSA) is 0 Å². The van der Waals surface area contributed by atoms with Crippen molar-refractivity contribution < 1.29 is 48.3 Å². The monoisotopic (exact) mass is 316 g/mol. The Kier molecular flexibility index (Phi) is 4.81. The van der Waals surface area contributed by atoms with E-state index < -0.39 is 47.2 Å². The molecular formula is C6H3F11S. The SMILES string of the molecule is FC(F)(F)CC(SC(F)(F)C(F)(F)F)C(F)(F)F. The Labute approximate surface area is 96.5 Å². The van der Waals surface area contributed by atoms with Gasteiger partial charge in [-0.1, -0.05) is 11.8 Å². The summed E-state index contributed by atoms with van der Waals surface area (Å²) in [5.74, 6) is 0. The number of alkyl halides is 11. The van der Waals surface area contributed by atoms with Gasteiger partial charge in [0.15, 0.2) is 0 Å². The second-order valence-corrected chi connectivity index (χ2v) is 4.30. The maximum Gasteiger partial charge on any atom is 0.464 e. The molecule has 0 aliphatic rings. The van der Waals surface area contributed by atoms with E-state index in [4.69, 9.17) is 0 Å². The molecule has 0 saturated carbocycles. The summed E-state index contributed by atoms with van der Waals surface area (Å²) >= 11 is -2.12. The van der Waals surface area contributed by atoms with Crippen molar-refractivity contribution >= 4 is 11.8 Å². The molecule has 12 heteroatoms. The minimum Gasteiger partial charge on any atom is -0.184 e. The highest BCUT2D eigenvalue weighted by molar-refractivity contribution is 8.01. The molecule has 0 saturated heterocycles. The second-order valence-electron chi connectivity index (χ2n) is 2.98. The lowest BCUT2D eigenvalue weighted by atomic mass is 10.3. The van der Waals surface area contributed by atoms with E-state index >= 15 is 0 Å². The fourth-order valence-corrected chi connectivity index (χ4v) is 1.58. The Morgan fingerprint density at radius 1 is 0.722 bits per heavy atom. The number of thioether (sulfide) groups is 1. The molecule has 1 atom stereocenters. The van der Waals surface area contributed by atoms with Crippen LogP contribution in [0.1, 0.15) is 6.42 Å². The Bertz CT molecular complexity index is 271. The zero-order valence-corrected chi connectivity index (χ0v) is 8.67. The molecule has 0 rings (SSSR count). The first kappa shape index (κ1) is 17.6. The van der Waals surface area contributed by atoms with Crippen LogP contribution in [0.25, 0.3) is 0 Å². The van der Waals surface area contributed by atoms with Crippen LogP contribution in [0.15, 0.2) is 0 Å². The number of hydrogen-bond acceptors (Lipinski definition) is 1. The molecule has 1 unspecified atom stereocenters. The third kappa shape index (κ3) is 5.48. The summed E-state index contributed by atoms with van der Waals surface area (Å²) in [7, 11) is 0. The predicted octanol–water partition coefficient (Wildman–Crippen LogP) is 4.76. The van der Waals surface area contributed by atoms with Gasteiger partial charge in [-0.2, -0.15) is 48.3 Å². The Morgan fingerprint density at radius 3 is 1.33 bits per heavy atom. The standard InChI is InChI=1S/C6H3F11S/c7-3(8,9)1-2(4(10,11)12)18-6(16,17)5(13,14)15/h2H,1H2. The van der Waals surface area contributed by atoms with Crippen molar-refractivity contribution in [1.29, 1.82) is 0 Å². The third-order valence-electron chi connectivity index (χ3n) is 1.40. The molecule has 18 heavy (non-hydrogen) atoms. The normalized spacial score (nSPS) is 16.8. The van der Waals surface area contributed by atoms with Crippen molar-refractivity contribution in [1.82, 2.24) is 0 Å². The van der Waals surface area contributed by atoms with Crippen LogP contribution < -0.4 is 0 Å². The van der Waals surface area contributed by atoms with Crippen molar-refractivity contribution in [3.63, 3.8) is 0 Å². The fraction of sp³-hybridized carbons (Fsp3) is 1.00. The van der Waals surface area contributed by atoms with E-state index in [1.165, 1.54) is 0 Å². The molecule has 0 amide bonds. The van der Waals surface area contributed by atoms with E-state index in [2.05, 4.69) is 0 Å². The quantitative estimate of drug-likeness (QED) is 0.677. The van der Waals surface area contributed by atoms with Crippen molar-refractivity contribution in [2.24, 2.45) is 0 Å². The molecule has 0 aromatic rings. The second kappa shape index (κ2) is 4.93. The molecule has 0 aliphatic heterocycles. The summed E-state index contributed by atoms with van der Waals surface area (Å²) in [6.45, 7) is 0. The average Bonchev–Trinajstić information content (AvgIpc) is 1.95.